The highest BCUT2D eigenvalue weighted by atomic mass is 32.2. The molecule has 9 nitrogen and oxygen atoms in total. The minimum atomic E-state index is -3.66. The van der Waals surface area contributed by atoms with Crippen molar-refractivity contribution in [3.05, 3.63) is 59.9 Å². The maximum Gasteiger partial charge on any atom is 0.255 e. The number of carbonyl (C=O) groups excluding carboxylic acids is 1. The van der Waals surface area contributed by atoms with Crippen molar-refractivity contribution in [2.75, 3.05) is 5.32 Å². The number of benzene rings is 2. The van der Waals surface area contributed by atoms with Crippen LogP contribution in [0.25, 0.3) is 5.69 Å². The first kappa shape index (κ1) is 20.6. The summed E-state index contributed by atoms with van der Waals surface area (Å²) in [6, 6.07) is 11.2. The Morgan fingerprint density at radius 2 is 1.76 bits per heavy atom. The predicted molar refractivity (Wildman–Crippen MR) is 108 cm³/mol. The zero-order chi connectivity index (χ0) is 21.2. The van der Waals surface area contributed by atoms with Gasteiger partial charge in [0.25, 0.3) is 5.91 Å². The summed E-state index contributed by atoms with van der Waals surface area (Å²) in [6.45, 7) is 7.15. The van der Waals surface area contributed by atoms with Gasteiger partial charge in [0, 0.05) is 16.8 Å². The lowest BCUT2D eigenvalue weighted by molar-refractivity contribution is 0.102. The molecule has 0 aliphatic carbocycles. The van der Waals surface area contributed by atoms with Crippen LogP contribution in [0.5, 0.6) is 0 Å². The molecule has 0 aliphatic heterocycles. The third-order valence-electron chi connectivity index (χ3n) is 3.95. The van der Waals surface area contributed by atoms with Crippen LogP contribution in [0.15, 0.2) is 53.7 Å². The molecule has 0 saturated carbocycles. The summed E-state index contributed by atoms with van der Waals surface area (Å²) in [5, 5.41) is 13.9. The van der Waals surface area contributed by atoms with E-state index in [4.69, 9.17) is 0 Å². The molecule has 152 valence electrons. The van der Waals surface area contributed by atoms with E-state index in [0.29, 0.717) is 16.9 Å². The Morgan fingerprint density at radius 3 is 2.34 bits per heavy atom. The van der Waals surface area contributed by atoms with Gasteiger partial charge in [0.05, 0.1) is 10.6 Å². The normalized spacial score (nSPS) is 12.0. The van der Waals surface area contributed by atoms with Crippen LogP contribution < -0.4 is 10.0 Å². The van der Waals surface area contributed by atoms with Gasteiger partial charge in [-0.15, -0.1) is 5.10 Å². The van der Waals surface area contributed by atoms with Gasteiger partial charge >= 0.3 is 0 Å². The molecule has 29 heavy (non-hydrogen) atoms. The Labute approximate surface area is 169 Å². The van der Waals surface area contributed by atoms with Crippen LogP contribution in [0.2, 0.25) is 0 Å². The summed E-state index contributed by atoms with van der Waals surface area (Å²) in [6.07, 6.45) is 1.46. The van der Waals surface area contributed by atoms with Crippen molar-refractivity contribution >= 4 is 21.6 Å². The van der Waals surface area contributed by atoms with Crippen LogP contribution >= 0.6 is 0 Å². The number of aryl methyl sites for hydroxylation is 1. The standard InChI is InChI=1S/C19H22N6O3S/c1-13-5-8-15(25-12-20-23-24-25)11-17(13)21-18(26)14-6-9-16(10-7-14)29(27,28)22-19(2,3)4/h5-12,22H,1-4H3,(H,21,26). The minimum absolute atomic E-state index is 0.0980. The second-order valence-electron chi connectivity index (χ2n) is 7.59. The molecule has 0 atom stereocenters. The van der Waals surface area contributed by atoms with Gasteiger partial charge in [0.1, 0.15) is 6.33 Å². The molecular weight excluding hydrogens is 392 g/mol. The average molecular weight is 414 g/mol. The van der Waals surface area contributed by atoms with Crippen molar-refractivity contribution in [3.8, 4) is 5.69 Å². The number of anilines is 1. The molecule has 0 fully saturated rings. The number of amides is 1. The van der Waals surface area contributed by atoms with E-state index in [9.17, 15) is 13.2 Å². The fourth-order valence-corrected chi connectivity index (χ4v) is 4.03. The SMILES string of the molecule is Cc1ccc(-n2cnnn2)cc1NC(=O)c1ccc(S(=O)(=O)NC(C)(C)C)cc1. The number of carbonyl (C=O) groups is 1. The summed E-state index contributed by atoms with van der Waals surface area (Å²) in [4.78, 5) is 12.7. The molecule has 0 aliphatic rings. The van der Waals surface area contributed by atoms with Crippen LogP contribution in [0.1, 0.15) is 36.7 Å². The Kier molecular flexibility index (Phi) is 5.49. The summed E-state index contributed by atoms with van der Waals surface area (Å²) in [7, 11) is -3.66. The van der Waals surface area contributed by atoms with E-state index in [1.807, 2.05) is 19.1 Å². The minimum Gasteiger partial charge on any atom is -0.322 e. The van der Waals surface area contributed by atoms with Gasteiger partial charge in [-0.1, -0.05) is 6.07 Å². The molecule has 0 radical (unpaired) electrons. The van der Waals surface area contributed by atoms with E-state index >= 15 is 0 Å². The van der Waals surface area contributed by atoms with E-state index in [-0.39, 0.29) is 10.8 Å². The van der Waals surface area contributed by atoms with E-state index in [1.165, 1.54) is 35.3 Å². The summed E-state index contributed by atoms with van der Waals surface area (Å²) in [5.74, 6) is -0.352. The highest BCUT2D eigenvalue weighted by Crippen LogP contribution is 2.20. The van der Waals surface area contributed by atoms with Crippen molar-refractivity contribution in [1.82, 2.24) is 24.9 Å². The molecule has 2 N–H and O–H groups in total. The second-order valence-corrected chi connectivity index (χ2v) is 9.27. The fraction of sp³-hybridized carbons (Fsp3) is 0.263. The first-order valence-corrected chi connectivity index (χ1v) is 10.3. The molecule has 0 unspecified atom stereocenters. The molecular formula is C19H22N6O3S. The first-order valence-electron chi connectivity index (χ1n) is 8.85. The molecule has 2 aromatic carbocycles. The topological polar surface area (TPSA) is 119 Å². The third kappa shape index (κ3) is 5.04. The lowest BCUT2D eigenvalue weighted by Gasteiger charge is -2.20. The second kappa shape index (κ2) is 7.72. The molecule has 1 heterocycles. The van der Waals surface area contributed by atoms with E-state index in [0.717, 1.165) is 5.56 Å². The molecule has 10 heteroatoms. The van der Waals surface area contributed by atoms with Crippen LogP contribution in [0, 0.1) is 6.92 Å². The largest absolute Gasteiger partial charge is 0.322 e. The van der Waals surface area contributed by atoms with Crippen LogP contribution in [0.3, 0.4) is 0 Å². The fourth-order valence-electron chi connectivity index (χ4n) is 2.61. The number of sulfonamides is 1. The highest BCUT2D eigenvalue weighted by Gasteiger charge is 2.22. The number of nitrogens with one attached hydrogen (secondary N) is 2. The van der Waals surface area contributed by atoms with Gasteiger partial charge < -0.3 is 5.32 Å². The quantitative estimate of drug-likeness (QED) is 0.661. The number of tetrazole rings is 1. The van der Waals surface area contributed by atoms with Gasteiger partial charge in [0.15, 0.2) is 0 Å². The van der Waals surface area contributed by atoms with Gasteiger partial charge in [-0.05, 0) is 80.1 Å². The van der Waals surface area contributed by atoms with Crippen molar-refractivity contribution < 1.29 is 13.2 Å². The van der Waals surface area contributed by atoms with E-state index in [1.54, 1.807) is 26.8 Å². The van der Waals surface area contributed by atoms with Crippen molar-refractivity contribution in [1.29, 1.82) is 0 Å². The average Bonchev–Trinajstić information content (AvgIpc) is 3.16. The van der Waals surface area contributed by atoms with Gasteiger partial charge in [0.2, 0.25) is 10.0 Å². The Bertz CT molecular complexity index is 1120. The smallest absolute Gasteiger partial charge is 0.255 e. The number of aromatic nitrogens is 4. The van der Waals surface area contributed by atoms with Crippen molar-refractivity contribution in [2.45, 2.75) is 38.1 Å². The first-order chi connectivity index (χ1) is 13.5. The summed E-state index contributed by atoms with van der Waals surface area (Å²) >= 11 is 0. The predicted octanol–water partition coefficient (Wildman–Crippen LogP) is 2.30. The monoisotopic (exact) mass is 414 g/mol. The van der Waals surface area contributed by atoms with Gasteiger partial charge in [-0.3, -0.25) is 4.79 Å². The highest BCUT2D eigenvalue weighted by molar-refractivity contribution is 7.89. The lowest BCUT2D eigenvalue weighted by atomic mass is 10.1. The van der Waals surface area contributed by atoms with E-state index in [2.05, 4.69) is 25.6 Å². The Morgan fingerprint density at radius 1 is 1.07 bits per heavy atom. The molecule has 3 rings (SSSR count). The molecule has 3 aromatic rings. The van der Waals surface area contributed by atoms with Gasteiger partial charge in [-0.25, -0.2) is 17.8 Å². The Balaban J connectivity index is 1.79. The maximum atomic E-state index is 12.6. The Hall–Kier alpha value is -3.11. The molecule has 1 amide bonds. The molecule has 1 aromatic heterocycles. The summed E-state index contributed by atoms with van der Waals surface area (Å²) < 4.78 is 28.8. The number of nitrogens with zero attached hydrogens (tertiary/aromatic N) is 4. The molecule has 0 spiro atoms. The number of rotatable bonds is 5. The number of hydrogen-bond donors (Lipinski definition) is 2. The lowest BCUT2D eigenvalue weighted by Crippen LogP contribution is -2.40. The van der Waals surface area contributed by atoms with E-state index < -0.39 is 15.6 Å². The molecule has 0 saturated heterocycles. The molecule has 0 bridgehead atoms. The van der Waals surface area contributed by atoms with Crippen LogP contribution in [-0.2, 0) is 10.0 Å². The van der Waals surface area contributed by atoms with Crippen molar-refractivity contribution in [3.63, 3.8) is 0 Å². The zero-order valence-electron chi connectivity index (χ0n) is 16.5. The maximum absolute atomic E-state index is 12.6. The zero-order valence-corrected chi connectivity index (χ0v) is 17.4. The van der Waals surface area contributed by atoms with Crippen LogP contribution in [0.4, 0.5) is 5.69 Å². The third-order valence-corrected chi connectivity index (χ3v) is 5.72. The van der Waals surface area contributed by atoms with Crippen molar-refractivity contribution in [2.24, 2.45) is 0 Å². The summed E-state index contributed by atoms with van der Waals surface area (Å²) in [5.41, 5.74) is 1.91. The van der Waals surface area contributed by atoms with Gasteiger partial charge in [-0.2, -0.15) is 0 Å². The van der Waals surface area contributed by atoms with Crippen LogP contribution in [-0.4, -0.2) is 40.1 Å². The number of hydrogen-bond acceptors (Lipinski definition) is 6.